The largest absolute Gasteiger partial charge is 0.437 e. The van der Waals surface area contributed by atoms with Gasteiger partial charge < -0.3 is 11.1 Å². The van der Waals surface area contributed by atoms with Crippen LogP contribution in [0.5, 0.6) is 0 Å². The molecule has 0 atom stereocenters. The standard InChI is InChI=1S/C18H13F4N5S/c19-12-8-6-11(7-9-12)15-14(24-10-25-17(23)28)16(18(20,21)22)26-27(15)13-4-2-1-3-5-13/h1-10H,(H3,23,24,25,28). The van der Waals surface area contributed by atoms with Gasteiger partial charge in [0.25, 0.3) is 0 Å². The van der Waals surface area contributed by atoms with Crippen molar-refractivity contribution in [3.05, 3.63) is 66.1 Å². The van der Waals surface area contributed by atoms with Crippen LogP contribution in [0.2, 0.25) is 0 Å². The third-order valence-electron chi connectivity index (χ3n) is 3.67. The number of hydrogen-bond acceptors (Lipinski definition) is 2. The maximum Gasteiger partial charge on any atom is 0.437 e. The molecule has 10 heteroatoms. The Bertz CT molecular complexity index is 1010. The van der Waals surface area contributed by atoms with Gasteiger partial charge in [0.2, 0.25) is 0 Å². The highest BCUT2D eigenvalue weighted by atomic mass is 32.1. The van der Waals surface area contributed by atoms with Gasteiger partial charge in [-0.1, -0.05) is 18.2 Å². The molecule has 0 aliphatic rings. The van der Waals surface area contributed by atoms with Crippen LogP contribution in [0, 0.1) is 5.82 Å². The molecule has 1 aromatic heterocycles. The molecular weight excluding hydrogens is 394 g/mol. The minimum Gasteiger partial charge on any atom is -0.374 e. The quantitative estimate of drug-likeness (QED) is 0.292. The van der Waals surface area contributed by atoms with Gasteiger partial charge >= 0.3 is 6.18 Å². The molecular formula is C18H13F4N5S. The molecule has 3 aromatic rings. The fourth-order valence-corrected chi connectivity index (χ4v) is 2.60. The number of alkyl halides is 3. The number of para-hydroxylation sites is 1. The van der Waals surface area contributed by atoms with E-state index in [1.807, 2.05) is 0 Å². The average molecular weight is 407 g/mol. The van der Waals surface area contributed by atoms with Crippen molar-refractivity contribution in [3.63, 3.8) is 0 Å². The van der Waals surface area contributed by atoms with Gasteiger partial charge in [0.15, 0.2) is 10.8 Å². The van der Waals surface area contributed by atoms with Gasteiger partial charge in [0, 0.05) is 5.56 Å². The van der Waals surface area contributed by atoms with Crippen molar-refractivity contribution in [3.8, 4) is 16.9 Å². The molecule has 0 saturated carbocycles. The number of hydrogen-bond donors (Lipinski definition) is 2. The Morgan fingerprint density at radius 2 is 1.75 bits per heavy atom. The molecule has 0 amide bonds. The molecule has 0 radical (unpaired) electrons. The van der Waals surface area contributed by atoms with Crippen LogP contribution in [0.3, 0.4) is 0 Å². The topological polar surface area (TPSA) is 68.2 Å². The summed E-state index contributed by atoms with van der Waals surface area (Å²) in [5, 5.41) is 5.97. The molecule has 3 N–H and O–H groups in total. The molecule has 0 aliphatic heterocycles. The van der Waals surface area contributed by atoms with Crippen LogP contribution >= 0.6 is 12.2 Å². The number of nitrogens with zero attached hydrogens (tertiary/aromatic N) is 3. The second kappa shape index (κ2) is 7.77. The minimum absolute atomic E-state index is 0.0768. The van der Waals surface area contributed by atoms with Gasteiger partial charge in [0.1, 0.15) is 5.82 Å². The molecule has 0 unspecified atom stereocenters. The Balaban J connectivity index is 2.28. The third-order valence-corrected chi connectivity index (χ3v) is 3.78. The molecule has 0 aliphatic carbocycles. The number of thiocarbonyl (C=S) groups is 1. The first-order chi connectivity index (χ1) is 13.3. The lowest BCUT2D eigenvalue weighted by Gasteiger charge is -2.10. The molecule has 2 aromatic carbocycles. The van der Waals surface area contributed by atoms with E-state index in [4.69, 9.17) is 5.73 Å². The molecule has 28 heavy (non-hydrogen) atoms. The second-order valence-electron chi connectivity index (χ2n) is 5.56. The van der Waals surface area contributed by atoms with Crippen LogP contribution in [0.1, 0.15) is 5.69 Å². The van der Waals surface area contributed by atoms with Crippen molar-refractivity contribution in [2.75, 3.05) is 5.32 Å². The molecule has 1 heterocycles. The highest BCUT2D eigenvalue weighted by Crippen LogP contribution is 2.41. The van der Waals surface area contributed by atoms with Crippen LogP contribution in [0.15, 0.2) is 59.6 Å². The summed E-state index contributed by atoms with van der Waals surface area (Å²) in [6.45, 7) is 0. The lowest BCUT2D eigenvalue weighted by atomic mass is 10.1. The Morgan fingerprint density at radius 3 is 2.32 bits per heavy atom. The SMILES string of the molecule is NC(=S)/N=C/Nc1c(C(F)(F)F)nn(-c2ccccc2)c1-c1ccc(F)cc1. The Labute approximate surface area is 162 Å². The maximum absolute atomic E-state index is 13.7. The summed E-state index contributed by atoms with van der Waals surface area (Å²) in [5.41, 5.74) is 4.52. The van der Waals surface area contributed by atoms with Crippen LogP contribution in [-0.4, -0.2) is 21.2 Å². The molecule has 0 spiro atoms. The summed E-state index contributed by atoms with van der Waals surface area (Å²) in [6.07, 6.45) is -3.80. The fourth-order valence-electron chi connectivity index (χ4n) is 2.54. The second-order valence-corrected chi connectivity index (χ2v) is 5.98. The third kappa shape index (κ3) is 4.17. The van der Waals surface area contributed by atoms with E-state index in [1.165, 1.54) is 12.1 Å². The van der Waals surface area contributed by atoms with Gasteiger partial charge in [-0.3, -0.25) is 0 Å². The predicted molar refractivity (Wildman–Crippen MR) is 103 cm³/mol. The van der Waals surface area contributed by atoms with Crippen molar-refractivity contribution in [1.82, 2.24) is 9.78 Å². The molecule has 5 nitrogen and oxygen atoms in total. The van der Waals surface area contributed by atoms with Gasteiger partial charge in [-0.15, -0.1) is 0 Å². The lowest BCUT2D eigenvalue weighted by molar-refractivity contribution is -0.140. The number of anilines is 1. The van der Waals surface area contributed by atoms with E-state index in [1.54, 1.807) is 30.3 Å². The van der Waals surface area contributed by atoms with Crippen LogP contribution < -0.4 is 11.1 Å². The molecule has 0 fully saturated rings. The summed E-state index contributed by atoms with van der Waals surface area (Å²) in [4.78, 5) is 3.58. The summed E-state index contributed by atoms with van der Waals surface area (Å²) in [6, 6.07) is 13.3. The van der Waals surface area contributed by atoms with Crippen molar-refractivity contribution in [2.45, 2.75) is 6.18 Å². The number of nitrogens with two attached hydrogens (primary N) is 1. The van der Waals surface area contributed by atoms with E-state index in [0.717, 1.165) is 23.2 Å². The monoisotopic (exact) mass is 407 g/mol. The first-order valence-electron chi connectivity index (χ1n) is 7.87. The van der Waals surface area contributed by atoms with Crippen LogP contribution in [0.25, 0.3) is 16.9 Å². The summed E-state index contributed by atoms with van der Waals surface area (Å²) in [5.74, 6) is -0.518. The number of nitrogens with one attached hydrogen (secondary N) is 1. The van der Waals surface area contributed by atoms with E-state index in [9.17, 15) is 17.6 Å². The average Bonchev–Trinajstić information content (AvgIpc) is 3.03. The maximum atomic E-state index is 13.7. The van der Waals surface area contributed by atoms with Crippen molar-refractivity contribution < 1.29 is 17.6 Å². The Hall–Kier alpha value is -3.27. The highest BCUT2D eigenvalue weighted by molar-refractivity contribution is 7.80. The van der Waals surface area contributed by atoms with E-state index in [0.29, 0.717) is 11.3 Å². The first-order valence-corrected chi connectivity index (χ1v) is 8.28. The summed E-state index contributed by atoms with van der Waals surface area (Å²) >= 11 is 4.59. The van der Waals surface area contributed by atoms with Crippen LogP contribution in [-0.2, 0) is 6.18 Å². The molecule has 144 valence electrons. The van der Waals surface area contributed by atoms with Crippen molar-refractivity contribution in [2.24, 2.45) is 10.7 Å². The Morgan fingerprint density at radius 1 is 1.11 bits per heavy atom. The number of halogens is 4. The predicted octanol–water partition coefficient (Wildman–Crippen LogP) is 4.38. The zero-order chi connectivity index (χ0) is 20.3. The van der Waals surface area contributed by atoms with Gasteiger partial charge in [0.05, 0.1) is 23.4 Å². The van der Waals surface area contributed by atoms with Crippen LogP contribution in [0.4, 0.5) is 23.2 Å². The highest BCUT2D eigenvalue weighted by Gasteiger charge is 2.40. The Kier molecular flexibility index (Phi) is 5.41. The van der Waals surface area contributed by atoms with Gasteiger partial charge in [-0.05, 0) is 48.6 Å². The summed E-state index contributed by atoms with van der Waals surface area (Å²) in [7, 11) is 0. The number of benzene rings is 2. The van der Waals surface area contributed by atoms with E-state index in [2.05, 4.69) is 27.6 Å². The molecule has 0 bridgehead atoms. The van der Waals surface area contributed by atoms with Crippen molar-refractivity contribution in [1.29, 1.82) is 0 Å². The fraction of sp³-hybridized carbons (Fsp3) is 0.0556. The smallest absolute Gasteiger partial charge is 0.374 e. The number of aromatic nitrogens is 2. The van der Waals surface area contributed by atoms with E-state index >= 15 is 0 Å². The lowest BCUT2D eigenvalue weighted by Crippen LogP contribution is -2.11. The normalized spacial score (nSPS) is 11.7. The zero-order valence-corrected chi connectivity index (χ0v) is 14.9. The zero-order valence-electron chi connectivity index (χ0n) is 14.1. The van der Waals surface area contributed by atoms with Gasteiger partial charge in [-0.2, -0.15) is 18.3 Å². The van der Waals surface area contributed by atoms with E-state index in [-0.39, 0.29) is 16.5 Å². The van der Waals surface area contributed by atoms with E-state index < -0.39 is 17.7 Å². The summed E-state index contributed by atoms with van der Waals surface area (Å²) < 4.78 is 55.4. The molecule has 0 saturated heterocycles. The van der Waals surface area contributed by atoms with Gasteiger partial charge in [-0.25, -0.2) is 14.1 Å². The number of rotatable bonds is 4. The molecule has 3 rings (SSSR count). The first kappa shape index (κ1) is 19.5. The number of aliphatic imine (C=N–C) groups is 1. The minimum atomic E-state index is -4.76. The van der Waals surface area contributed by atoms with Crippen molar-refractivity contribution >= 4 is 29.4 Å².